The third-order valence-electron chi connectivity index (χ3n) is 0.705. The van der Waals surface area contributed by atoms with Crippen molar-refractivity contribution in [3.05, 3.63) is 9.81 Å². The Bertz CT molecular complexity index is 220. The van der Waals surface area contributed by atoms with Gasteiger partial charge in [-0.15, -0.1) is 0 Å². The van der Waals surface area contributed by atoms with E-state index >= 15 is 0 Å². The molecule has 0 aliphatic rings. The molecule has 3 nitrogen and oxygen atoms in total. The van der Waals surface area contributed by atoms with E-state index < -0.39 is 5.97 Å². The monoisotopic (exact) mass is 251 g/mol. The molecule has 0 saturated heterocycles. The Kier molecular flexibility index (Phi) is 19.1. The van der Waals surface area contributed by atoms with Gasteiger partial charge in [0.25, 0.3) is 0 Å². The standard InChI is InChI=1S/C5H5NO2S2.2K/c1-8-4(7)3(2-6)5(9)10;;/h9-10H,1H3;;/q;2*+1/p-2. The molecular weight excluding hydrogens is 248 g/mol. The van der Waals surface area contributed by atoms with E-state index in [0.29, 0.717) is 0 Å². The number of hydrogen-bond donors (Lipinski definition) is 0. The summed E-state index contributed by atoms with van der Waals surface area (Å²) in [5, 5.41) is 8.26. The number of methoxy groups -OCH3 is 1. The van der Waals surface area contributed by atoms with Crippen molar-refractivity contribution in [2.45, 2.75) is 0 Å². The minimum Gasteiger partial charge on any atom is -0.806 e. The normalized spacial score (nSPS) is 6.33. The molecule has 7 heteroatoms. The maximum absolute atomic E-state index is 10.5. The van der Waals surface area contributed by atoms with Gasteiger partial charge in [-0.1, -0.05) is 0 Å². The van der Waals surface area contributed by atoms with Gasteiger partial charge in [0.2, 0.25) is 0 Å². The fourth-order valence-corrected chi connectivity index (χ4v) is 0.535. The summed E-state index contributed by atoms with van der Waals surface area (Å²) in [5.74, 6) is -0.775. The Hall–Kier alpha value is 2.41. The zero-order valence-electron chi connectivity index (χ0n) is 7.08. The Morgan fingerprint density at radius 2 is 1.83 bits per heavy atom. The number of carbonyl (C=O) groups is 1. The van der Waals surface area contributed by atoms with Crippen molar-refractivity contribution in [2.75, 3.05) is 7.11 Å². The molecule has 0 heterocycles. The predicted octanol–water partition coefficient (Wildman–Crippen LogP) is -6.00. The molecular formula is C5H3K2NO2S2. The van der Waals surface area contributed by atoms with Gasteiger partial charge in [-0.3, -0.25) is 0 Å². The van der Waals surface area contributed by atoms with Crippen molar-refractivity contribution in [3.63, 3.8) is 0 Å². The zero-order chi connectivity index (χ0) is 8.15. The van der Waals surface area contributed by atoms with Gasteiger partial charge in [-0.05, 0) is 0 Å². The van der Waals surface area contributed by atoms with Crippen LogP contribution in [0.15, 0.2) is 9.81 Å². The van der Waals surface area contributed by atoms with Crippen LogP contribution in [0.25, 0.3) is 0 Å². The summed E-state index contributed by atoms with van der Waals surface area (Å²) in [5.41, 5.74) is -0.285. The first kappa shape index (κ1) is 19.9. The van der Waals surface area contributed by atoms with Gasteiger partial charge in [0, 0.05) is 0 Å². The van der Waals surface area contributed by atoms with Crippen molar-refractivity contribution >= 4 is 31.2 Å². The second kappa shape index (κ2) is 11.5. The summed E-state index contributed by atoms with van der Waals surface area (Å²) in [6, 6.07) is 1.55. The summed E-state index contributed by atoms with van der Waals surface area (Å²) in [7, 11) is 1.16. The fourth-order valence-electron chi connectivity index (χ4n) is 0.277. The first-order chi connectivity index (χ1) is 4.63. The quantitative estimate of drug-likeness (QED) is 0.153. The van der Waals surface area contributed by atoms with Crippen LogP contribution < -0.4 is 103 Å². The van der Waals surface area contributed by atoms with Gasteiger partial charge in [0.15, 0.2) is 0 Å². The molecule has 0 rings (SSSR count). The summed E-state index contributed by atoms with van der Waals surface area (Å²) >= 11 is 8.83. The van der Waals surface area contributed by atoms with E-state index in [1.54, 1.807) is 6.07 Å². The first-order valence-corrected chi connectivity index (χ1v) is 3.01. The van der Waals surface area contributed by atoms with Crippen LogP contribution in [0.1, 0.15) is 0 Å². The van der Waals surface area contributed by atoms with Gasteiger partial charge >= 0.3 is 109 Å². The number of rotatable bonds is 1. The van der Waals surface area contributed by atoms with Gasteiger partial charge in [-0.25, -0.2) is 4.79 Å². The number of nitrogens with zero attached hydrogens (tertiary/aromatic N) is 1. The Labute approximate surface area is 167 Å². The van der Waals surface area contributed by atoms with Crippen LogP contribution in [0.2, 0.25) is 0 Å². The van der Waals surface area contributed by atoms with Crippen molar-refractivity contribution in [2.24, 2.45) is 0 Å². The number of esters is 1. The molecule has 0 fully saturated rings. The minimum absolute atomic E-state index is 0. The zero-order valence-corrected chi connectivity index (χ0v) is 15.0. The minimum atomic E-state index is -0.775. The molecule has 0 aromatic heterocycles. The Morgan fingerprint density at radius 1 is 1.42 bits per heavy atom. The van der Waals surface area contributed by atoms with Gasteiger partial charge in [0.1, 0.15) is 6.07 Å². The molecule has 0 aliphatic carbocycles. The molecule has 0 bridgehead atoms. The van der Waals surface area contributed by atoms with Crippen LogP contribution >= 0.6 is 0 Å². The molecule has 0 radical (unpaired) electrons. The average molecular weight is 251 g/mol. The largest absolute Gasteiger partial charge is 1.00 e. The third kappa shape index (κ3) is 7.78. The van der Waals surface area contributed by atoms with E-state index in [1.165, 1.54) is 0 Å². The van der Waals surface area contributed by atoms with E-state index in [-0.39, 0.29) is 113 Å². The van der Waals surface area contributed by atoms with Crippen molar-refractivity contribution < 1.29 is 112 Å². The molecule has 0 aliphatic heterocycles. The average Bonchev–Trinajstić information content (AvgIpc) is 1.88. The van der Waals surface area contributed by atoms with Crippen molar-refractivity contribution in [3.8, 4) is 6.07 Å². The predicted molar refractivity (Wildman–Crippen MR) is 39.4 cm³/mol. The fraction of sp³-hybridized carbons (Fsp3) is 0.200. The first-order valence-electron chi connectivity index (χ1n) is 2.20. The summed E-state index contributed by atoms with van der Waals surface area (Å²) < 4.78 is 4.05. The van der Waals surface area contributed by atoms with E-state index in [2.05, 4.69) is 30.0 Å². The van der Waals surface area contributed by atoms with Crippen LogP contribution in [-0.2, 0) is 34.8 Å². The second-order valence-electron chi connectivity index (χ2n) is 1.27. The van der Waals surface area contributed by atoms with Gasteiger partial charge in [-0.2, -0.15) is 5.26 Å². The van der Waals surface area contributed by atoms with E-state index in [4.69, 9.17) is 5.26 Å². The van der Waals surface area contributed by atoms with Crippen molar-refractivity contribution in [1.82, 2.24) is 0 Å². The maximum Gasteiger partial charge on any atom is 1.00 e. The Balaban J connectivity index is -0.000000405. The molecule has 0 spiro atoms. The van der Waals surface area contributed by atoms with Crippen LogP contribution in [0.4, 0.5) is 0 Å². The molecule has 54 valence electrons. The van der Waals surface area contributed by atoms with E-state index in [0.717, 1.165) is 7.11 Å². The van der Waals surface area contributed by atoms with Gasteiger partial charge < -0.3 is 34.2 Å². The van der Waals surface area contributed by atoms with Crippen LogP contribution in [-0.4, -0.2) is 13.1 Å². The smallest absolute Gasteiger partial charge is 0.806 e. The molecule has 0 N–H and O–H groups in total. The topological polar surface area (TPSA) is 50.1 Å². The summed E-state index contributed by atoms with van der Waals surface area (Å²) in [6.45, 7) is 0. The van der Waals surface area contributed by atoms with Crippen LogP contribution in [0, 0.1) is 11.3 Å². The molecule has 0 aromatic carbocycles. The molecule has 12 heavy (non-hydrogen) atoms. The summed E-state index contributed by atoms with van der Waals surface area (Å²) in [4.78, 5) is 10.5. The third-order valence-corrected chi connectivity index (χ3v) is 1.11. The van der Waals surface area contributed by atoms with Gasteiger partial charge in [0.05, 0.1) is 12.7 Å². The molecule has 0 aromatic rings. The molecule has 0 amide bonds. The second-order valence-corrected chi connectivity index (χ2v) is 2.34. The van der Waals surface area contributed by atoms with Crippen molar-refractivity contribution in [1.29, 1.82) is 5.26 Å². The number of nitriles is 1. The SMILES string of the molecule is COC(=O)C(C#N)=C([S-])[S-].[K+].[K+]. The summed E-state index contributed by atoms with van der Waals surface area (Å²) in [6.07, 6.45) is 0. The number of hydrogen-bond acceptors (Lipinski definition) is 5. The van der Waals surface area contributed by atoms with Crippen LogP contribution in [0.5, 0.6) is 0 Å². The molecule has 0 atom stereocenters. The molecule has 0 unspecified atom stereocenters. The van der Waals surface area contributed by atoms with E-state index in [9.17, 15) is 4.79 Å². The number of ether oxygens (including phenoxy) is 1. The van der Waals surface area contributed by atoms with E-state index in [1.807, 2.05) is 0 Å². The number of carbonyl (C=O) groups excluding carboxylic acids is 1. The van der Waals surface area contributed by atoms with Crippen LogP contribution in [0.3, 0.4) is 0 Å². The molecule has 0 saturated carbocycles. The Morgan fingerprint density at radius 3 is 1.92 bits per heavy atom. The maximum atomic E-state index is 10.5.